The third kappa shape index (κ3) is 3.03. The van der Waals surface area contributed by atoms with Crippen molar-refractivity contribution in [3.63, 3.8) is 0 Å². The molecule has 1 fully saturated rings. The van der Waals surface area contributed by atoms with Crippen molar-refractivity contribution in [2.75, 3.05) is 6.61 Å². The molecule has 2 rings (SSSR count). The fourth-order valence-corrected chi connectivity index (χ4v) is 1.67. The van der Waals surface area contributed by atoms with E-state index in [-0.39, 0.29) is 13.0 Å². The molecule has 0 aromatic heterocycles. The highest BCUT2D eigenvalue weighted by molar-refractivity contribution is 5.89. The molecule has 0 amide bonds. The predicted octanol–water partition coefficient (Wildman–Crippen LogP) is 0.312. The first-order chi connectivity index (χ1) is 8.16. The lowest BCUT2D eigenvalue weighted by Gasteiger charge is -2.13. The van der Waals surface area contributed by atoms with Gasteiger partial charge < -0.3 is 19.7 Å². The number of aliphatic hydroxyl groups excluding tert-OH is 2. The Labute approximate surface area is 98.6 Å². The number of carbonyl (C=O) groups is 1. The van der Waals surface area contributed by atoms with E-state index in [0.29, 0.717) is 5.56 Å². The fourth-order valence-electron chi connectivity index (χ4n) is 1.67. The van der Waals surface area contributed by atoms with Crippen molar-refractivity contribution in [1.82, 2.24) is 0 Å². The van der Waals surface area contributed by atoms with Crippen LogP contribution in [0.1, 0.15) is 16.8 Å². The number of ether oxygens (including phenoxy) is 2. The molecule has 0 spiro atoms. The summed E-state index contributed by atoms with van der Waals surface area (Å²) in [5.41, 5.74) is 0.445. The van der Waals surface area contributed by atoms with Crippen LogP contribution >= 0.6 is 0 Å². The van der Waals surface area contributed by atoms with Gasteiger partial charge in [0.05, 0.1) is 11.7 Å². The van der Waals surface area contributed by atoms with Crippen LogP contribution in [0.5, 0.6) is 0 Å². The van der Waals surface area contributed by atoms with Crippen molar-refractivity contribution < 1.29 is 24.5 Å². The average Bonchev–Trinajstić information content (AvgIpc) is 2.66. The molecule has 1 aliphatic rings. The van der Waals surface area contributed by atoms with Gasteiger partial charge in [-0.25, -0.2) is 4.79 Å². The summed E-state index contributed by atoms with van der Waals surface area (Å²) < 4.78 is 9.98. The average molecular weight is 238 g/mol. The van der Waals surface area contributed by atoms with E-state index in [0.717, 1.165) is 0 Å². The Kier molecular flexibility index (Phi) is 3.73. The summed E-state index contributed by atoms with van der Waals surface area (Å²) in [5.74, 6) is -0.470. The van der Waals surface area contributed by atoms with Crippen molar-refractivity contribution in [2.24, 2.45) is 0 Å². The summed E-state index contributed by atoms with van der Waals surface area (Å²) in [4.78, 5) is 11.6. The second-order valence-electron chi connectivity index (χ2n) is 3.90. The molecule has 5 nitrogen and oxygen atoms in total. The zero-order valence-electron chi connectivity index (χ0n) is 9.15. The Morgan fingerprint density at radius 1 is 1.35 bits per heavy atom. The molecule has 0 radical (unpaired) electrons. The van der Waals surface area contributed by atoms with E-state index in [1.165, 1.54) is 0 Å². The van der Waals surface area contributed by atoms with Crippen LogP contribution in [0.25, 0.3) is 0 Å². The lowest BCUT2D eigenvalue weighted by molar-refractivity contribution is -0.109. The number of benzene rings is 1. The molecule has 1 aliphatic heterocycles. The SMILES string of the molecule is O=C(OC[C@H]1O[C@@H](O)C[C@@H]1O)c1ccccc1. The van der Waals surface area contributed by atoms with Gasteiger partial charge in [0, 0.05) is 6.42 Å². The van der Waals surface area contributed by atoms with Gasteiger partial charge in [-0.2, -0.15) is 0 Å². The summed E-state index contributed by atoms with van der Waals surface area (Å²) in [6.45, 7) is -0.0635. The summed E-state index contributed by atoms with van der Waals surface area (Å²) >= 11 is 0. The van der Waals surface area contributed by atoms with Crippen LogP contribution in [0.3, 0.4) is 0 Å². The molecule has 1 aromatic carbocycles. The molecule has 2 N–H and O–H groups in total. The van der Waals surface area contributed by atoms with Gasteiger partial charge in [0.15, 0.2) is 6.29 Å². The topological polar surface area (TPSA) is 76.0 Å². The highest BCUT2D eigenvalue weighted by Crippen LogP contribution is 2.19. The van der Waals surface area contributed by atoms with Crippen molar-refractivity contribution in [2.45, 2.75) is 24.9 Å². The third-order valence-corrected chi connectivity index (χ3v) is 2.59. The van der Waals surface area contributed by atoms with E-state index >= 15 is 0 Å². The minimum atomic E-state index is -0.981. The summed E-state index contributed by atoms with van der Waals surface area (Å²) in [6, 6.07) is 8.56. The zero-order chi connectivity index (χ0) is 12.3. The summed E-state index contributed by atoms with van der Waals surface area (Å²) in [7, 11) is 0. The van der Waals surface area contributed by atoms with Crippen LogP contribution in [-0.2, 0) is 9.47 Å². The molecule has 0 unspecified atom stereocenters. The highest BCUT2D eigenvalue weighted by atomic mass is 16.6. The first kappa shape index (κ1) is 12.0. The van der Waals surface area contributed by atoms with Crippen molar-refractivity contribution in [1.29, 1.82) is 0 Å². The maximum absolute atomic E-state index is 11.6. The molecule has 3 atom stereocenters. The minimum absolute atomic E-state index is 0.0635. The Hall–Kier alpha value is -1.43. The Balaban J connectivity index is 1.85. The monoisotopic (exact) mass is 238 g/mol. The van der Waals surface area contributed by atoms with Gasteiger partial charge in [0.25, 0.3) is 0 Å². The lowest BCUT2D eigenvalue weighted by Crippen LogP contribution is -2.28. The van der Waals surface area contributed by atoms with Crippen molar-refractivity contribution in [3.05, 3.63) is 35.9 Å². The van der Waals surface area contributed by atoms with Crippen LogP contribution in [0, 0.1) is 0 Å². The Bertz CT molecular complexity index is 378. The number of hydrogen-bond donors (Lipinski definition) is 2. The second kappa shape index (κ2) is 5.27. The zero-order valence-corrected chi connectivity index (χ0v) is 9.15. The van der Waals surface area contributed by atoms with Gasteiger partial charge in [0.2, 0.25) is 0 Å². The molecule has 5 heteroatoms. The van der Waals surface area contributed by atoms with E-state index in [9.17, 15) is 9.90 Å². The molecular weight excluding hydrogens is 224 g/mol. The minimum Gasteiger partial charge on any atom is -0.459 e. The fraction of sp³-hybridized carbons (Fsp3) is 0.417. The van der Waals surface area contributed by atoms with Crippen LogP contribution in [-0.4, -0.2) is 41.3 Å². The van der Waals surface area contributed by atoms with Crippen LogP contribution in [0.4, 0.5) is 0 Å². The summed E-state index contributed by atoms with van der Waals surface area (Å²) in [6.07, 6.45) is -2.29. The number of carbonyl (C=O) groups excluding carboxylic acids is 1. The number of hydrogen-bond acceptors (Lipinski definition) is 5. The Morgan fingerprint density at radius 2 is 2.06 bits per heavy atom. The quantitative estimate of drug-likeness (QED) is 0.741. The molecule has 0 bridgehead atoms. The van der Waals surface area contributed by atoms with Gasteiger partial charge >= 0.3 is 5.97 Å². The second-order valence-corrected chi connectivity index (χ2v) is 3.90. The van der Waals surface area contributed by atoms with E-state index in [1.807, 2.05) is 0 Å². The molecule has 1 aromatic rings. The molecule has 92 valence electrons. The molecule has 0 aliphatic carbocycles. The van der Waals surface area contributed by atoms with Crippen molar-refractivity contribution >= 4 is 5.97 Å². The van der Waals surface area contributed by atoms with Crippen LogP contribution in [0.15, 0.2) is 30.3 Å². The molecule has 0 saturated carbocycles. The highest BCUT2D eigenvalue weighted by Gasteiger charge is 2.33. The van der Waals surface area contributed by atoms with E-state index < -0.39 is 24.5 Å². The smallest absolute Gasteiger partial charge is 0.338 e. The molecule has 1 saturated heterocycles. The van der Waals surface area contributed by atoms with Crippen LogP contribution < -0.4 is 0 Å². The van der Waals surface area contributed by atoms with Crippen molar-refractivity contribution in [3.8, 4) is 0 Å². The van der Waals surface area contributed by atoms with Gasteiger partial charge in [-0.15, -0.1) is 0 Å². The van der Waals surface area contributed by atoms with Gasteiger partial charge in [-0.3, -0.25) is 0 Å². The first-order valence-corrected chi connectivity index (χ1v) is 5.40. The lowest BCUT2D eigenvalue weighted by atomic mass is 10.2. The third-order valence-electron chi connectivity index (χ3n) is 2.59. The standard InChI is InChI=1S/C12H14O5/c13-9-6-11(14)17-10(9)7-16-12(15)8-4-2-1-3-5-8/h1-5,9-11,13-14H,6-7H2/t9-,10+,11+/m0/s1. The molecule has 17 heavy (non-hydrogen) atoms. The predicted molar refractivity (Wildman–Crippen MR) is 58.2 cm³/mol. The van der Waals surface area contributed by atoms with E-state index in [1.54, 1.807) is 30.3 Å². The van der Waals surface area contributed by atoms with Crippen LogP contribution in [0.2, 0.25) is 0 Å². The van der Waals surface area contributed by atoms with Gasteiger partial charge in [-0.05, 0) is 12.1 Å². The Morgan fingerprint density at radius 3 is 2.65 bits per heavy atom. The van der Waals surface area contributed by atoms with Gasteiger partial charge in [0.1, 0.15) is 12.7 Å². The normalized spacial score (nSPS) is 28.0. The summed E-state index contributed by atoms with van der Waals surface area (Å²) in [5, 5.41) is 18.6. The largest absolute Gasteiger partial charge is 0.459 e. The first-order valence-electron chi connectivity index (χ1n) is 5.40. The van der Waals surface area contributed by atoms with E-state index in [4.69, 9.17) is 14.6 Å². The maximum atomic E-state index is 11.6. The number of esters is 1. The number of rotatable bonds is 3. The van der Waals surface area contributed by atoms with Gasteiger partial charge in [-0.1, -0.05) is 18.2 Å². The molecule has 1 heterocycles. The van der Waals surface area contributed by atoms with E-state index in [2.05, 4.69) is 0 Å². The molecular formula is C12H14O5. The maximum Gasteiger partial charge on any atom is 0.338 e. The number of aliphatic hydroxyl groups is 2.